The number of nitrogens with zero attached hydrogens (tertiary/aromatic N) is 4. The van der Waals surface area contributed by atoms with Gasteiger partial charge < -0.3 is 9.80 Å². The van der Waals surface area contributed by atoms with Crippen molar-refractivity contribution in [2.45, 2.75) is 27.7 Å². The fourth-order valence-corrected chi connectivity index (χ4v) is 3.01. The first-order chi connectivity index (χ1) is 10.1. The van der Waals surface area contributed by atoms with Gasteiger partial charge in [-0.1, -0.05) is 0 Å². The van der Waals surface area contributed by atoms with Gasteiger partial charge in [0.1, 0.15) is 0 Å². The average Bonchev–Trinajstić information content (AvgIpc) is 2.81. The van der Waals surface area contributed by atoms with E-state index in [1.54, 1.807) is 0 Å². The van der Waals surface area contributed by atoms with Crippen LogP contribution in [0.5, 0.6) is 0 Å². The molecule has 2 rings (SSSR count). The summed E-state index contributed by atoms with van der Waals surface area (Å²) in [6.07, 6.45) is 0. The molecule has 21 heavy (non-hydrogen) atoms. The summed E-state index contributed by atoms with van der Waals surface area (Å²) in [5, 5.41) is 7.30. The van der Waals surface area contributed by atoms with Crippen LogP contribution < -0.4 is 4.90 Å². The van der Waals surface area contributed by atoms with Crippen molar-refractivity contribution in [2.24, 2.45) is 0 Å². The number of carbonyl (C=O) groups excluding carboxylic acids is 1. The molecule has 1 fully saturated rings. The van der Waals surface area contributed by atoms with Crippen LogP contribution in [0.2, 0.25) is 0 Å². The predicted molar refractivity (Wildman–Crippen MR) is 84.6 cm³/mol. The summed E-state index contributed by atoms with van der Waals surface area (Å²) in [6.45, 7) is 14.0. The molecule has 0 saturated carbocycles. The highest BCUT2D eigenvalue weighted by Crippen LogP contribution is 2.23. The molecule has 0 bridgehead atoms. The highest BCUT2D eigenvalue weighted by Gasteiger charge is 2.23. The van der Waals surface area contributed by atoms with Crippen LogP contribution in [0, 0.1) is 13.8 Å². The molecule has 0 spiro atoms. The van der Waals surface area contributed by atoms with Gasteiger partial charge in [0.15, 0.2) is 0 Å². The van der Waals surface area contributed by atoms with E-state index in [0.29, 0.717) is 6.54 Å². The average molecular weight is 293 g/mol. The zero-order chi connectivity index (χ0) is 15.4. The summed E-state index contributed by atoms with van der Waals surface area (Å²) < 4.78 is 0. The van der Waals surface area contributed by atoms with E-state index in [-0.39, 0.29) is 5.91 Å². The second kappa shape index (κ2) is 6.93. The van der Waals surface area contributed by atoms with E-state index < -0.39 is 0 Å². The van der Waals surface area contributed by atoms with Crippen LogP contribution in [0.15, 0.2) is 0 Å². The first kappa shape index (κ1) is 15.8. The van der Waals surface area contributed by atoms with Gasteiger partial charge in [-0.15, -0.1) is 0 Å². The lowest BCUT2D eigenvalue weighted by Gasteiger charge is -2.36. The molecule has 0 aliphatic carbocycles. The molecule has 1 aliphatic rings. The van der Waals surface area contributed by atoms with Gasteiger partial charge in [0.05, 0.1) is 23.6 Å². The number of nitrogens with one attached hydrogen (secondary N) is 1. The van der Waals surface area contributed by atoms with E-state index in [4.69, 9.17) is 0 Å². The minimum atomic E-state index is 0.240. The van der Waals surface area contributed by atoms with Crippen LogP contribution in [0.4, 0.5) is 5.69 Å². The Hall–Kier alpha value is -1.56. The molecular formula is C15H27N5O. The maximum absolute atomic E-state index is 12.1. The molecule has 1 amide bonds. The molecule has 1 saturated heterocycles. The maximum atomic E-state index is 12.1. The van der Waals surface area contributed by atoms with E-state index in [1.807, 2.05) is 25.7 Å². The maximum Gasteiger partial charge on any atom is 0.236 e. The zero-order valence-corrected chi connectivity index (χ0v) is 13.6. The van der Waals surface area contributed by atoms with Crippen LogP contribution >= 0.6 is 0 Å². The number of H-pyrrole nitrogens is 1. The van der Waals surface area contributed by atoms with Gasteiger partial charge in [0.25, 0.3) is 0 Å². The number of rotatable bonds is 5. The molecule has 1 aliphatic heterocycles. The lowest BCUT2D eigenvalue weighted by atomic mass is 10.2. The summed E-state index contributed by atoms with van der Waals surface area (Å²) in [6, 6.07) is 0. The van der Waals surface area contributed by atoms with E-state index >= 15 is 0 Å². The van der Waals surface area contributed by atoms with Crippen molar-refractivity contribution >= 4 is 11.6 Å². The topological polar surface area (TPSA) is 55.5 Å². The quantitative estimate of drug-likeness (QED) is 0.880. The van der Waals surface area contributed by atoms with Crippen LogP contribution in [0.25, 0.3) is 0 Å². The third-order valence-electron chi connectivity index (χ3n) is 4.25. The Labute approximate surface area is 127 Å². The van der Waals surface area contributed by atoms with Gasteiger partial charge in [-0.3, -0.25) is 14.8 Å². The van der Waals surface area contributed by atoms with E-state index in [0.717, 1.165) is 50.7 Å². The molecule has 0 unspecified atom stereocenters. The molecule has 6 nitrogen and oxygen atoms in total. The van der Waals surface area contributed by atoms with E-state index in [9.17, 15) is 4.79 Å². The first-order valence-electron chi connectivity index (χ1n) is 7.83. The van der Waals surface area contributed by atoms with Crippen molar-refractivity contribution in [3.8, 4) is 0 Å². The largest absolute Gasteiger partial charge is 0.366 e. The van der Waals surface area contributed by atoms with Crippen molar-refractivity contribution in [2.75, 3.05) is 50.7 Å². The molecule has 118 valence electrons. The Bertz CT molecular complexity index is 453. The Morgan fingerprint density at radius 3 is 2.29 bits per heavy atom. The number of carbonyl (C=O) groups is 1. The number of likely N-dealkylation sites (N-methyl/N-ethyl adjacent to an activating group) is 1. The van der Waals surface area contributed by atoms with Crippen LogP contribution in [-0.2, 0) is 4.79 Å². The van der Waals surface area contributed by atoms with Crippen LogP contribution in [0.1, 0.15) is 25.2 Å². The van der Waals surface area contributed by atoms with Gasteiger partial charge in [0, 0.05) is 39.3 Å². The highest BCUT2D eigenvalue weighted by atomic mass is 16.2. The molecule has 0 radical (unpaired) electrons. The van der Waals surface area contributed by atoms with Crippen molar-refractivity contribution in [3.05, 3.63) is 11.4 Å². The Kier molecular flexibility index (Phi) is 5.22. The second-order valence-corrected chi connectivity index (χ2v) is 5.61. The zero-order valence-electron chi connectivity index (χ0n) is 13.6. The van der Waals surface area contributed by atoms with Gasteiger partial charge in [-0.2, -0.15) is 5.10 Å². The SMILES string of the molecule is CCN(CC)C(=O)CN1CCN(c2c(C)n[nH]c2C)CC1. The number of aryl methyl sites for hydroxylation is 2. The molecular weight excluding hydrogens is 266 g/mol. The Morgan fingerprint density at radius 1 is 1.19 bits per heavy atom. The third-order valence-corrected chi connectivity index (χ3v) is 4.25. The van der Waals surface area contributed by atoms with Crippen molar-refractivity contribution in [1.29, 1.82) is 0 Å². The van der Waals surface area contributed by atoms with E-state index in [1.165, 1.54) is 5.69 Å². The minimum Gasteiger partial charge on any atom is -0.366 e. The number of amides is 1. The second-order valence-electron chi connectivity index (χ2n) is 5.61. The highest BCUT2D eigenvalue weighted by molar-refractivity contribution is 5.78. The smallest absolute Gasteiger partial charge is 0.236 e. The summed E-state index contributed by atoms with van der Waals surface area (Å²) in [4.78, 5) is 18.7. The summed E-state index contributed by atoms with van der Waals surface area (Å²) in [5.74, 6) is 0.240. The monoisotopic (exact) mass is 293 g/mol. The van der Waals surface area contributed by atoms with Gasteiger partial charge >= 0.3 is 0 Å². The number of anilines is 1. The lowest BCUT2D eigenvalue weighted by Crippen LogP contribution is -2.50. The van der Waals surface area contributed by atoms with Gasteiger partial charge in [-0.25, -0.2) is 0 Å². The van der Waals surface area contributed by atoms with Crippen LogP contribution in [-0.4, -0.2) is 71.7 Å². The number of piperazine rings is 1. The molecule has 6 heteroatoms. The number of hydrogen-bond donors (Lipinski definition) is 1. The minimum absolute atomic E-state index is 0.240. The predicted octanol–water partition coefficient (Wildman–Crippen LogP) is 1.02. The third kappa shape index (κ3) is 3.56. The van der Waals surface area contributed by atoms with Crippen molar-refractivity contribution in [1.82, 2.24) is 20.0 Å². The first-order valence-corrected chi connectivity index (χ1v) is 7.83. The van der Waals surface area contributed by atoms with Gasteiger partial charge in [0.2, 0.25) is 5.91 Å². The van der Waals surface area contributed by atoms with E-state index in [2.05, 4.69) is 26.9 Å². The Balaban J connectivity index is 1.88. The number of aromatic nitrogens is 2. The standard InChI is InChI=1S/C15H27N5O/c1-5-19(6-2)14(21)11-18-7-9-20(10-8-18)15-12(3)16-17-13(15)4/h5-11H2,1-4H3,(H,16,17). The molecule has 0 aromatic carbocycles. The molecule has 1 aromatic heterocycles. The summed E-state index contributed by atoms with van der Waals surface area (Å²) in [5.41, 5.74) is 3.41. The Morgan fingerprint density at radius 2 is 1.81 bits per heavy atom. The van der Waals surface area contributed by atoms with Crippen molar-refractivity contribution in [3.63, 3.8) is 0 Å². The fraction of sp³-hybridized carbons (Fsp3) is 0.733. The normalized spacial score (nSPS) is 16.3. The fourth-order valence-electron chi connectivity index (χ4n) is 3.01. The summed E-state index contributed by atoms with van der Waals surface area (Å²) in [7, 11) is 0. The number of aromatic amines is 1. The molecule has 1 N–H and O–H groups in total. The van der Waals surface area contributed by atoms with Crippen LogP contribution in [0.3, 0.4) is 0 Å². The molecule has 0 atom stereocenters. The number of hydrogen-bond acceptors (Lipinski definition) is 4. The van der Waals surface area contributed by atoms with Crippen molar-refractivity contribution < 1.29 is 4.79 Å². The van der Waals surface area contributed by atoms with Gasteiger partial charge in [-0.05, 0) is 27.7 Å². The summed E-state index contributed by atoms with van der Waals surface area (Å²) >= 11 is 0. The molecule has 2 heterocycles. The lowest BCUT2D eigenvalue weighted by molar-refractivity contribution is -0.132. The molecule has 1 aromatic rings.